The van der Waals surface area contributed by atoms with Gasteiger partial charge >= 0.3 is 0 Å². The number of alkyl halides is 1. The second-order valence-electron chi connectivity index (χ2n) is 4.88. The van der Waals surface area contributed by atoms with E-state index in [0.29, 0.717) is 6.61 Å². The molecule has 0 radical (unpaired) electrons. The average molecular weight is 372 g/mol. The minimum atomic E-state index is -0.144. The van der Waals surface area contributed by atoms with Crippen LogP contribution in [0.15, 0.2) is 40.9 Å². The zero-order valence-corrected chi connectivity index (χ0v) is 13.8. The third kappa shape index (κ3) is 2.98. The van der Waals surface area contributed by atoms with Gasteiger partial charge in [0.05, 0.1) is 12.0 Å². The Morgan fingerprint density at radius 1 is 1.25 bits per heavy atom. The Morgan fingerprint density at radius 3 is 2.90 bits per heavy atom. The van der Waals surface area contributed by atoms with Crippen molar-refractivity contribution in [3.63, 3.8) is 0 Å². The number of halogens is 3. The Labute approximate surface area is 137 Å². The molecule has 0 aliphatic carbocycles. The number of benzene rings is 2. The van der Waals surface area contributed by atoms with Crippen molar-refractivity contribution in [3.8, 4) is 5.75 Å². The summed E-state index contributed by atoms with van der Waals surface area (Å²) in [6, 6.07) is 12.1. The van der Waals surface area contributed by atoms with E-state index in [1.807, 2.05) is 24.3 Å². The molecule has 0 fully saturated rings. The molecule has 1 nitrogen and oxygen atoms in total. The van der Waals surface area contributed by atoms with Crippen LogP contribution in [-0.2, 0) is 12.8 Å². The van der Waals surface area contributed by atoms with Gasteiger partial charge in [-0.3, -0.25) is 0 Å². The first-order chi connectivity index (χ1) is 9.63. The third-order valence-corrected chi connectivity index (χ3v) is 4.52. The summed E-state index contributed by atoms with van der Waals surface area (Å²) in [5.41, 5.74) is 3.34. The second-order valence-corrected chi connectivity index (χ2v) is 6.76. The second kappa shape index (κ2) is 5.97. The molecule has 0 amide bonds. The van der Waals surface area contributed by atoms with E-state index in [2.05, 4.69) is 28.1 Å². The minimum absolute atomic E-state index is 0.144. The average Bonchev–Trinajstić information content (AvgIpc) is 2.85. The molecule has 1 unspecified atom stereocenters. The normalized spacial score (nSPS) is 14.8. The lowest BCUT2D eigenvalue weighted by molar-refractivity contribution is 0.353. The number of hydrogen-bond donors (Lipinski definition) is 0. The van der Waals surface area contributed by atoms with E-state index in [-0.39, 0.29) is 5.38 Å². The Morgan fingerprint density at radius 2 is 2.10 bits per heavy atom. The zero-order valence-electron chi connectivity index (χ0n) is 10.7. The fraction of sp³-hybridized carbons (Fsp3) is 0.250. The Hall–Kier alpha value is -0.700. The van der Waals surface area contributed by atoms with E-state index < -0.39 is 0 Å². The highest BCUT2D eigenvalue weighted by molar-refractivity contribution is 9.10. The highest BCUT2D eigenvalue weighted by Gasteiger charge is 2.22. The van der Waals surface area contributed by atoms with Crippen LogP contribution in [0.4, 0.5) is 0 Å². The maximum Gasteiger partial charge on any atom is 0.127 e. The van der Waals surface area contributed by atoms with E-state index in [1.54, 1.807) is 0 Å². The Kier molecular flexibility index (Phi) is 4.25. The maximum absolute atomic E-state index is 6.59. The SMILES string of the molecule is Clc1cc2c(c(C(Cl)Cc3cccc(Br)c3)c1)OCC2. The quantitative estimate of drug-likeness (QED) is 0.641. The first-order valence-corrected chi connectivity index (χ1v) is 8.08. The molecule has 104 valence electrons. The van der Waals surface area contributed by atoms with Crippen molar-refractivity contribution < 1.29 is 4.74 Å². The van der Waals surface area contributed by atoms with E-state index >= 15 is 0 Å². The summed E-state index contributed by atoms with van der Waals surface area (Å²) in [4.78, 5) is 0. The van der Waals surface area contributed by atoms with Crippen LogP contribution in [-0.4, -0.2) is 6.61 Å². The van der Waals surface area contributed by atoms with E-state index in [9.17, 15) is 0 Å². The van der Waals surface area contributed by atoms with Crippen LogP contribution in [0.25, 0.3) is 0 Å². The maximum atomic E-state index is 6.59. The summed E-state index contributed by atoms with van der Waals surface area (Å²) in [7, 11) is 0. The predicted molar refractivity (Wildman–Crippen MR) is 87.1 cm³/mol. The van der Waals surface area contributed by atoms with Gasteiger partial charge in [0.25, 0.3) is 0 Å². The molecule has 2 aromatic rings. The molecule has 20 heavy (non-hydrogen) atoms. The lowest BCUT2D eigenvalue weighted by atomic mass is 10.0. The summed E-state index contributed by atoms with van der Waals surface area (Å²) >= 11 is 16.3. The number of hydrogen-bond acceptors (Lipinski definition) is 1. The number of ether oxygens (including phenoxy) is 1. The van der Waals surface area contributed by atoms with E-state index in [0.717, 1.165) is 39.2 Å². The third-order valence-electron chi connectivity index (χ3n) is 3.42. The van der Waals surface area contributed by atoms with Crippen molar-refractivity contribution >= 4 is 39.1 Å². The summed E-state index contributed by atoms with van der Waals surface area (Å²) in [5, 5.41) is 0.582. The lowest BCUT2D eigenvalue weighted by Gasteiger charge is -2.15. The molecule has 0 saturated heterocycles. The highest BCUT2D eigenvalue weighted by atomic mass is 79.9. The first kappa shape index (κ1) is 14.2. The zero-order chi connectivity index (χ0) is 14.1. The van der Waals surface area contributed by atoms with Crippen molar-refractivity contribution in [2.75, 3.05) is 6.61 Å². The summed E-state index contributed by atoms with van der Waals surface area (Å²) in [6.45, 7) is 0.711. The monoisotopic (exact) mass is 370 g/mol. The van der Waals surface area contributed by atoms with Gasteiger partial charge in [-0.05, 0) is 41.8 Å². The van der Waals surface area contributed by atoms with Crippen LogP contribution >= 0.6 is 39.1 Å². The molecule has 1 aliphatic heterocycles. The van der Waals surface area contributed by atoms with Crippen molar-refractivity contribution in [3.05, 3.63) is 62.6 Å². The van der Waals surface area contributed by atoms with Gasteiger partial charge in [-0.2, -0.15) is 0 Å². The molecule has 0 bridgehead atoms. The van der Waals surface area contributed by atoms with Gasteiger partial charge in [-0.1, -0.05) is 39.7 Å². The topological polar surface area (TPSA) is 9.23 Å². The molecule has 0 spiro atoms. The van der Waals surface area contributed by atoms with Crippen molar-refractivity contribution in [2.45, 2.75) is 18.2 Å². The van der Waals surface area contributed by atoms with Crippen LogP contribution in [0, 0.1) is 0 Å². The van der Waals surface area contributed by atoms with Crippen molar-refractivity contribution in [1.82, 2.24) is 0 Å². The fourth-order valence-corrected chi connectivity index (χ4v) is 3.55. The summed E-state index contributed by atoms with van der Waals surface area (Å²) in [5.74, 6) is 0.921. The highest BCUT2D eigenvalue weighted by Crippen LogP contribution is 2.40. The summed E-state index contributed by atoms with van der Waals surface area (Å²) < 4.78 is 6.78. The molecule has 0 saturated carbocycles. The van der Waals surface area contributed by atoms with E-state index in [1.165, 1.54) is 5.56 Å². The lowest BCUT2D eigenvalue weighted by Crippen LogP contribution is -1.99. The molecule has 2 aromatic carbocycles. The number of fused-ring (bicyclic) bond motifs is 1. The van der Waals surface area contributed by atoms with Gasteiger partial charge in [-0.25, -0.2) is 0 Å². The van der Waals surface area contributed by atoms with Gasteiger partial charge < -0.3 is 4.74 Å². The molecular formula is C16H13BrCl2O. The van der Waals surface area contributed by atoms with E-state index in [4.69, 9.17) is 27.9 Å². The van der Waals surface area contributed by atoms with Crippen LogP contribution in [0.5, 0.6) is 5.75 Å². The van der Waals surface area contributed by atoms with Crippen molar-refractivity contribution in [1.29, 1.82) is 0 Å². The molecule has 0 aromatic heterocycles. The van der Waals surface area contributed by atoms with Crippen LogP contribution in [0.2, 0.25) is 5.02 Å². The van der Waals surface area contributed by atoms with Crippen molar-refractivity contribution in [2.24, 2.45) is 0 Å². The standard InChI is InChI=1S/C16H13BrCl2O/c17-12-3-1-2-10(6-12)7-15(19)14-9-13(18)8-11-4-5-20-16(11)14/h1-3,6,8-9,15H,4-5,7H2. The van der Waals surface area contributed by atoms with Gasteiger partial charge in [0.15, 0.2) is 0 Å². The fourth-order valence-electron chi connectivity index (χ4n) is 2.51. The summed E-state index contributed by atoms with van der Waals surface area (Å²) in [6.07, 6.45) is 1.65. The van der Waals surface area contributed by atoms with Gasteiger partial charge in [0, 0.05) is 21.5 Å². The van der Waals surface area contributed by atoms with Crippen LogP contribution in [0.3, 0.4) is 0 Å². The van der Waals surface area contributed by atoms with Crippen LogP contribution in [0.1, 0.15) is 22.1 Å². The minimum Gasteiger partial charge on any atom is -0.493 e. The number of rotatable bonds is 3. The van der Waals surface area contributed by atoms with Gasteiger partial charge in [0.1, 0.15) is 5.75 Å². The smallest absolute Gasteiger partial charge is 0.127 e. The molecule has 1 aliphatic rings. The Bertz CT molecular complexity index is 642. The first-order valence-electron chi connectivity index (χ1n) is 6.47. The molecule has 3 rings (SSSR count). The predicted octanol–water partition coefficient (Wildman–Crippen LogP) is 5.56. The molecular weight excluding hydrogens is 359 g/mol. The van der Waals surface area contributed by atoms with Gasteiger partial charge in [0.2, 0.25) is 0 Å². The van der Waals surface area contributed by atoms with Crippen LogP contribution < -0.4 is 4.74 Å². The molecule has 0 N–H and O–H groups in total. The largest absolute Gasteiger partial charge is 0.493 e. The Balaban J connectivity index is 1.89. The molecule has 1 heterocycles. The molecule has 1 atom stereocenters. The van der Waals surface area contributed by atoms with Gasteiger partial charge in [-0.15, -0.1) is 11.6 Å². The molecule has 4 heteroatoms.